The lowest BCUT2D eigenvalue weighted by Crippen LogP contribution is -2.34. The van der Waals surface area contributed by atoms with E-state index in [4.69, 9.17) is 4.74 Å². The van der Waals surface area contributed by atoms with Crippen molar-refractivity contribution in [2.75, 3.05) is 7.11 Å². The number of hydrogen-bond acceptors (Lipinski definition) is 5. The van der Waals surface area contributed by atoms with Crippen LogP contribution >= 0.6 is 27.3 Å². The number of H-pyrrole nitrogens is 1. The summed E-state index contributed by atoms with van der Waals surface area (Å²) in [6.07, 6.45) is 0. The number of methoxy groups -OCH3 is 1. The van der Waals surface area contributed by atoms with Gasteiger partial charge in [0.15, 0.2) is 5.69 Å². The van der Waals surface area contributed by atoms with Gasteiger partial charge in [-0.15, -0.1) is 11.3 Å². The van der Waals surface area contributed by atoms with E-state index in [1.54, 1.807) is 46.7 Å². The number of carboxylic acids is 1. The van der Waals surface area contributed by atoms with Crippen molar-refractivity contribution in [1.82, 2.24) is 14.1 Å². The number of aromatic amines is 1. The van der Waals surface area contributed by atoms with Gasteiger partial charge in [0.2, 0.25) is 0 Å². The number of rotatable bonds is 5. The summed E-state index contributed by atoms with van der Waals surface area (Å²) in [5, 5.41) is 14.3. The number of halogens is 1. The number of carboxylic acid groups (broad SMARTS) is 1. The van der Waals surface area contributed by atoms with E-state index in [9.17, 15) is 19.5 Å². The summed E-state index contributed by atoms with van der Waals surface area (Å²) >= 11 is 4.70. The van der Waals surface area contributed by atoms with Gasteiger partial charge >= 0.3 is 11.7 Å². The topological polar surface area (TPSA) is 106 Å². The van der Waals surface area contributed by atoms with Crippen molar-refractivity contribution in [1.29, 1.82) is 0 Å². The molecule has 10 heteroatoms. The lowest BCUT2D eigenvalue weighted by Gasteiger charge is -2.11. The van der Waals surface area contributed by atoms with Gasteiger partial charge in [-0.2, -0.15) is 0 Å². The van der Waals surface area contributed by atoms with E-state index in [-0.39, 0.29) is 17.9 Å². The van der Waals surface area contributed by atoms with Gasteiger partial charge in [0.05, 0.1) is 29.2 Å². The van der Waals surface area contributed by atoms with Crippen molar-refractivity contribution in [2.45, 2.75) is 6.54 Å². The van der Waals surface area contributed by atoms with Gasteiger partial charge in [-0.05, 0) is 35.9 Å². The molecule has 8 nitrogen and oxygen atoms in total. The second kappa shape index (κ2) is 8.05. The van der Waals surface area contributed by atoms with Crippen molar-refractivity contribution < 1.29 is 14.6 Å². The number of fused-ring (bicyclic) bond motifs is 2. The van der Waals surface area contributed by atoms with Crippen molar-refractivity contribution >= 4 is 55.0 Å². The zero-order valence-corrected chi connectivity index (χ0v) is 19.6. The molecule has 0 saturated carbocycles. The molecule has 166 valence electrons. The lowest BCUT2D eigenvalue weighted by molar-refractivity contribution is 0.0686. The second-order valence-corrected chi connectivity index (χ2v) is 9.03. The number of thiophene rings is 1. The smallest absolute Gasteiger partial charge is 0.354 e. The second-order valence-electron chi connectivity index (χ2n) is 7.37. The van der Waals surface area contributed by atoms with E-state index < -0.39 is 17.2 Å². The summed E-state index contributed by atoms with van der Waals surface area (Å²) in [5.41, 5.74) is 0.396. The Balaban J connectivity index is 1.88. The van der Waals surface area contributed by atoms with Crippen LogP contribution in [0.15, 0.2) is 67.3 Å². The fraction of sp³-hybridized carbons (Fsp3) is 0.0870. The van der Waals surface area contributed by atoms with Gasteiger partial charge in [-0.3, -0.25) is 4.79 Å². The van der Waals surface area contributed by atoms with Gasteiger partial charge in [0.25, 0.3) is 5.56 Å². The molecule has 2 N–H and O–H groups in total. The van der Waals surface area contributed by atoms with Crippen molar-refractivity contribution in [3.63, 3.8) is 0 Å². The molecule has 0 unspecified atom stereocenters. The molecule has 0 atom stereocenters. The highest BCUT2D eigenvalue weighted by atomic mass is 79.9. The largest absolute Gasteiger partial charge is 0.497 e. The molecular weight excluding hydrogens is 510 g/mol. The van der Waals surface area contributed by atoms with Crippen LogP contribution in [0.3, 0.4) is 0 Å². The highest BCUT2D eigenvalue weighted by Gasteiger charge is 2.27. The third kappa shape index (κ3) is 3.47. The first kappa shape index (κ1) is 21.2. The number of aromatic carboxylic acids is 1. The van der Waals surface area contributed by atoms with Crippen LogP contribution in [-0.4, -0.2) is 32.3 Å². The van der Waals surface area contributed by atoms with Crippen LogP contribution in [0.25, 0.3) is 27.5 Å². The predicted octanol–water partition coefficient (Wildman–Crippen LogP) is 4.21. The Labute approximate surface area is 198 Å². The van der Waals surface area contributed by atoms with E-state index in [0.717, 1.165) is 10.1 Å². The summed E-state index contributed by atoms with van der Waals surface area (Å²) in [6, 6.07) is 12.5. The standard InChI is InChI=1S/C23H16BrN3O5S/c1-32-14-4-2-3-12(7-14)9-26-18-6-5-13(24)8-15(18)19(20(26)22(29)30)27-21(28)16-10-33-11-17(16)25-23(27)31/h2-8,10-11H,9H2,1H3,(H,25,31)(H,29,30). The molecule has 0 radical (unpaired) electrons. The van der Waals surface area contributed by atoms with E-state index in [2.05, 4.69) is 20.9 Å². The molecule has 33 heavy (non-hydrogen) atoms. The number of benzene rings is 2. The molecule has 0 spiro atoms. The van der Waals surface area contributed by atoms with Crippen LogP contribution in [0.5, 0.6) is 5.75 Å². The van der Waals surface area contributed by atoms with Crippen LogP contribution in [0.4, 0.5) is 0 Å². The molecule has 2 aromatic carbocycles. The SMILES string of the molecule is COc1cccc(Cn2c(C(=O)O)c(-n3c(=O)[nH]c4cscc4c3=O)c3cc(Br)ccc32)c1. The molecule has 3 heterocycles. The van der Waals surface area contributed by atoms with Crippen LogP contribution in [-0.2, 0) is 6.54 Å². The zero-order chi connectivity index (χ0) is 23.3. The fourth-order valence-corrected chi connectivity index (χ4v) is 5.13. The summed E-state index contributed by atoms with van der Waals surface area (Å²) in [7, 11) is 1.56. The minimum Gasteiger partial charge on any atom is -0.497 e. The predicted molar refractivity (Wildman–Crippen MR) is 130 cm³/mol. The Hall–Kier alpha value is -3.63. The number of aromatic nitrogens is 3. The molecule has 5 rings (SSSR count). The average Bonchev–Trinajstić information content (AvgIpc) is 3.37. The van der Waals surface area contributed by atoms with Crippen LogP contribution < -0.4 is 16.0 Å². The van der Waals surface area contributed by atoms with Gasteiger partial charge in [0.1, 0.15) is 5.75 Å². The maximum absolute atomic E-state index is 13.3. The van der Waals surface area contributed by atoms with Crippen LogP contribution in [0.2, 0.25) is 0 Å². The Morgan fingerprint density at radius 1 is 1.15 bits per heavy atom. The maximum atomic E-state index is 13.3. The Kier molecular flexibility index (Phi) is 5.18. The molecule has 0 amide bonds. The summed E-state index contributed by atoms with van der Waals surface area (Å²) in [6.45, 7) is 0.199. The number of hydrogen-bond donors (Lipinski definition) is 2. The molecular formula is C23H16BrN3O5S. The fourth-order valence-electron chi connectivity index (χ4n) is 4.02. The zero-order valence-electron chi connectivity index (χ0n) is 17.2. The number of ether oxygens (including phenoxy) is 1. The molecule has 0 aliphatic heterocycles. The first-order valence-corrected chi connectivity index (χ1v) is 11.5. The number of nitrogens with zero attached hydrogens (tertiary/aromatic N) is 2. The quantitative estimate of drug-likeness (QED) is 0.357. The lowest BCUT2D eigenvalue weighted by atomic mass is 10.2. The minimum absolute atomic E-state index is 0.0287. The third-order valence-corrected chi connectivity index (χ3v) is 6.68. The Bertz CT molecular complexity index is 1680. The summed E-state index contributed by atoms with van der Waals surface area (Å²) < 4.78 is 8.49. The van der Waals surface area contributed by atoms with Crippen molar-refractivity contribution in [3.8, 4) is 11.4 Å². The van der Waals surface area contributed by atoms with Crippen molar-refractivity contribution in [3.05, 3.63) is 89.8 Å². The molecule has 0 saturated heterocycles. The summed E-state index contributed by atoms with van der Waals surface area (Å²) in [4.78, 5) is 41.5. The maximum Gasteiger partial charge on any atom is 0.354 e. The monoisotopic (exact) mass is 525 g/mol. The normalized spacial score (nSPS) is 11.3. The first-order valence-electron chi connectivity index (χ1n) is 9.78. The highest BCUT2D eigenvalue weighted by Crippen LogP contribution is 2.32. The summed E-state index contributed by atoms with van der Waals surface area (Å²) in [5.74, 6) is -0.615. The Morgan fingerprint density at radius 3 is 2.73 bits per heavy atom. The molecule has 5 aromatic rings. The minimum atomic E-state index is -1.25. The van der Waals surface area contributed by atoms with Gasteiger partial charge in [-0.1, -0.05) is 28.1 Å². The van der Waals surface area contributed by atoms with E-state index in [1.165, 1.54) is 11.3 Å². The molecule has 0 bridgehead atoms. The number of nitrogens with one attached hydrogen (secondary N) is 1. The van der Waals surface area contributed by atoms with Crippen LogP contribution in [0.1, 0.15) is 16.1 Å². The molecule has 0 fully saturated rings. The van der Waals surface area contributed by atoms with E-state index in [0.29, 0.717) is 32.0 Å². The Morgan fingerprint density at radius 2 is 1.97 bits per heavy atom. The molecule has 0 aliphatic rings. The van der Waals surface area contributed by atoms with Gasteiger partial charge in [-0.25, -0.2) is 14.2 Å². The number of carbonyl (C=O) groups is 1. The average molecular weight is 526 g/mol. The van der Waals surface area contributed by atoms with Gasteiger partial charge in [0, 0.05) is 27.2 Å². The van der Waals surface area contributed by atoms with Crippen molar-refractivity contribution in [2.24, 2.45) is 0 Å². The van der Waals surface area contributed by atoms with E-state index >= 15 is 0 Å². The first-order chi connectivity index (χ1) is 15.9. The molecule has 0 aliphatic carbocycles. The molecule has 3 aromatic heterocycles. The highest BCUT2D eigenvalue weighted by molar-refractivity contribution is 9.10. The van der Waals surface area contributed by atoms with Gasteiger partial charge < -0.3 is 19.4 Å². The van der Waals surface area contributed by atoms with Crippen LogP contribution in [0, 0.1) is 0 Å². The third-order valence-electron chi connectivity index (χ3n) is 5.44. The van der Waals surface area contributed by atoms with E-state index in [1.807, 2.05) is 18.2 Å².